The topological polar surface area (TPSA) is 35.5 Å². The Balaban J connectivity index is 3.03. The number of hydrogen-bond donors (Lipinski definition) is 2. The number of halogens is 1. The second-order valence-electron chi connectivity index (χ2n) is 4.73. The Morgan fingerprint density at radius 1 is 1.33 bits per heavy atom. The van der Waals surface area contributed by atoms with Crippen LogP contribution in [0.3, 0.4) is 0 Å². The smallest absolute Gasteiger partial charge is 0.0606 e. The van der Waals surface area contributed by atoms with Crippen LogP contribution in [-0.4, -0.2) is 31.3 Å². The summed E-state index contributed by atoms with van der Waals surface area (Å²) in [6, 6.07) is 7.09. The molecule has 1 atom stereocenters. The van der Waals surface area contributed by atoms with Gasteiger partial charge in [-0.1, -0.05) is 6.07 Å². The third-order valence-corrected chi connectivity index (χ3v) is 3.81. The van der Waals surface area contributed by atoms with Gasteiger partial charge in [0, 0.05) is 23.1 Å². The molecule has 0 saturated carbocycles. The summed E-state index contributed by atoms with van der Waals surface area (Å²) in [5, 5.41) is 12.4. The van der Waals surface area contributed by atoms with E-state index in [1.54, 1.807) is 0 Å². The number of rotatable bonds is 6. The van der Waals surface area contributed by atoms with E-state index in [0.29, 0.717) is 18.6 Å². The first-order chi connectivity index (χ1) is 8.51. The Bertz CT molecular complexity index is 382. The molecule has 0 aromatic heterocycles. The zero-order valence-electron chi connectivity index (χ0n) is 11.6. The third-order valence-electron chi connectivity index (χ3n) is 3.18. The average Bonchev–Trinajstić information content (AvgIpc) is 2.35. The fourth-order valence-electron chi connectivity index (χ4n) is 1.96. The number of anilines is 1. The molecule has 1 aromatic carbocycles. The van der Waals surface area contributed by atoms with Crippen molar-refractivity contribution in [1.29, 1.82) is 0 Å². The zero-order chi connectivity index (χ0) is 13.7. The molecule has 0 aliphatic heterocycles. The van der Waals surface area contributed by atoms with Gasteiger partial charge >= 0.3 is 0 Å². The first-order valence-electron chi connectivity index (χ1n) is 6.35. The summed E-state index contributed by atoms with van der Waals surface area (Å²) in [5.74, 6) is 0. The van der Waals surface area contributed by atoms with Crippen molar-refractivity contribution in [2.75, 3.05) is 25.1 Å². The second-order valence-corrected chi connectivity index (χ2v) is 5.59. The predicted molar refractivity (Wildman–Crippen MR) is 81.2 cm³/mol. The van der Waals surface area contributed by atoms with E-state index >= 15 is 0 Å². The minimum Gasteiger partial charge on any atom is -0.395 e. The maximum atomic E-state index is 9.15. The van der Waals surface area contributed by atoms with Crippen LogP contribution in [0.2, 0.25) is 0 Å². The maximum absolute atomic E-state index is 9.15. The van der Waals surface area contributed by atoms with Crippen molar-refractivity contribution in [3.63, 3.8) is 0 Å². The standard InChI is InChI=1S/C14H23BrN2O/c1-10(2)17(7-8-18)14-6-5-12(9-13(14)15)11(3)16-4/h5-6,9-11,16,18H,7-8H2,1-4H3. The van der Waals surface area contributed by atoms with Gasteiger partial charge in [-0.25, -0.2) is 0 Å². The van der Waals surface area contributed by atoms with Crippen molar-refractivity contribution in [2.24, 2.45) is 0 Å². The molecule has 1 aromatic rings. The molecule has 0 aliphatic rings. The summed E-state index contributed by atoms with van der Waals surface area (Å²) in [6.45, 7) is 7.21. The van der Waals surface area contributed by atoms with Gasteiger partial charge in [-0.15, -0.1) is 0 Å². The predicted octanol–water partition coefficient (Wildman–Crippen LogP) is 2.94. The van der Waals surface area contributed by atoms with E-state index in [9.17, 15) is 0 Å². The van der Waals surface area contributed by atoms with Crippen molar-refractivity contribution < 1.29 is 5.11 Å². The SMILES string of the molecule is CNC(C)c1ccc(N(CCO)C(C)C)c(Br)c1. The Morgan fingerprint density at radius 2 is 2.00 bits per heavy atom. The molecule has 102 valence electrons. The molecule has 0 bridgehead atoms. The lowest BCUT2D eigenvalue weighted by molar-refractivity contribution is 0.299. The van der Waals surface area contributed by atoms with Gasteiger partial charge in [0.15, 0.2) is 0 Å². The Morgan fingerprint density at radius 3 is 2.44 bits per heavy atom. The van der Waals surface area contributed by atoms with Crippen molar-refractivity contribution in [3.8, 4) is 0 Å². The van der Waals surface area contributed by atoms with Crippen LogP contribution in [0.5, 0.6) is 0 Å². The van der Waals surface area contributed by atoms with Gasteiger partial charge < -0.3 is 15.3 Å². The van der Waals surface area contributed by atoms with Gasteiger partial charge in [-0.2, -0.15) is 0 Å². The molecule has 0 radical (unpaired) electrons. The van der Waals surface area contributed by atoms with E-state index in [1.807, 2.05) is 7.05 Å². The van der Waals surface area contributed by atoms with Gasteiger partial charge in [-0.05, 0) is 61.4 Å². The van der Waals surface area contributed by atoms with Gasteiger partial charge in [0.05, 0.1) is 12.3 Å². The first-order valence-corrected chi connectivity index (χ1v) is 7.14. The van der Waals surface area contributed by atoms with Crippen LogP contribution >= 0.6 is 15.9 Å². The average molecular weight is 315 g/mol. The Kier molecular flexibility index (Phi) is 6.12. The zero-order valence-corrected chi connectivity index (χ0v) is 13.2. The number of aliphatic hydroxyl groups excluding tert-OH is 1. The highest BCUT2D eigenvalue weighted by atomic mass is 79.9. The van der Waals surface area contributed by atoms with Crippen molar-refractivity contribution in [3.05, 3.63) is 28.2 Å². The third kappa shape index (κ3) is 3.70. The molecule has 18 heavy (non-hydrogen) atoms. The number of nitrogens with one attached hydrogen (secondary N) is 1. The summed E-state index contributed by atoms with van der Waals surface area (Å²) in [6.07, 6.45) is 0. The van der Waals surface area contributed by atoms with Crippen LogP contribution in [0.4, 0.5) is 5.69 Å². The van der Waals surface area contributed by atoms with E-state index in [1.165, 1.54) is 5.56 Å². The molecule has 1 rings (SSSR count). The number of hydrogen-bond acceptors (Lipinski definition) is 3. The summed E-state index contributed by atoms with van der Waals surface area (Å²) >= 11 is 3.63. The molecule has 0 heterocycles. The van der Waals surface area contributed by atoms with Crippen LogP contribution in [0.25, 0.3) is 0 Å². The molecular weight excluding hydrogens is 292 g/mol. The molecule has 3 nitrogen and oxygen atoms in total. The molecule has 0 aliphatic carbocycles. The van der Waals surface area contributed by atoms with Gasteiger partial charge in [-0.3, -0.25) is 0 Å². The fraction of sp³-hybridized carbons (Fsp3) is 0.571. The number of benzene rings is 1. The molecule has 0 fully saturated rings. The van der Waals surface area contributed by atoms with E-state index in [2.05, 4.69) is 65.1 Å². The Hall–Kier alpha value is -0.580. The molecule has 0 amide bonds. The lowest BCUT2D eigenvalue weighted by atomic mass is 10.1. The van der Waals surface area contributed by atoms with E-state index in [0.717, 1.165) is 10.2 Å². The monoisotopic (exact) mass is 314 g/mol. The number of aliphatic hydroxyl groups is 1. The minimum absolute atomic E-state index is 0.166. The normalized spacial score (nSPS) is 12.8. The summed E-state index contributed by atoms with van der Waals surface area (Å²) in [4.78, 5) is 2.19. The highest BCUT2D eigenvalue weighted by Crippen LogP contribution is 2.30. The van der Waals surface area contributed by atoms with Crippen LogP contribution in [-0.2, 0) is 0 Å². The van der Waals surface area contributed by atoms with Crippen LogP contribution < -0.4 is 10.2 Å². The van der Waals surface area contributed by atoms with Gasteiger partial charge in [0.1, 0.15) is 0 Å². The van der Waals surface area contributed by atoms with Crippen molar-refractivity contribution >= 4 is 21.6 Å². The van der Waals surface area contributed by atoms with E-state index in [-0.39, 0.29) is 6.61 Å². The molecule has 0 saturated heterocycles. The maximum Gasteiger partial charge on any atom is 0.0606 e. The molecule has 4 heteroatoms. The van der Waals surface area contributed by atoms with Crippen molar-refractivity contribution in [1.82, 2.24) is 5.32 Å². The quantitative estimate of drug-likeness (QED) is 0.847. The highest BCUT2D eigenvalue weighted by Gasteiger charge is 2.14. The van der Waals surface area contributed by atoms with E-state index < -0.39 is 0 Å². The second kappa shape index (κ2) is 7.12. The Labute approximate surface area is 118 Å². The highest BCUT2D eigenvalue weighted by molar-refractivity contribution is 9.10. The van der Waals surface area contributed by atoms with Crippen LogP contribution in [0, 0.1) is 0 Å². The summed E-state index contributed by atoms with van der Waals surface area (Å²) < 4.78 is 1.07. The number of nitrogens with zero attached hydrogens (tertiary/aromatic N) is 1. The fourth-order valence-corrected chi connectivity index (χ4v) is 2.58. The largest absolute Gasteiger partial charge is 0.395 e. The molecular formula is C14H23BrN2O. The van der Waals surface area contributed by atoms with Crippen LogP contribution in [0.1, 0.15) is 32.4 Å². The lowest BCUT2D eigenvalue weighted by Crippen LogP contribution is -2.33. The summed E-state index contributed by atoms with van der Waals surface area (Å²) in [5.41, 5.74) is 2.38. The van der Waals surface area contributed by atoms with Gasteiger partial charge in [0.25, 0.3) is 0 Å². The summed E-state index contributed by atoms with van der Waals surface area (Å²) in [7, 11) is 1.96. The first kappa shape index (κ1) is 15.5. The molecule has 2 N–H and O–H groups in total. The lowest BCUT2D eigenvalue weighted by Gasteiger charge is -2.29. The van der Waals surface area contributed by atoms with Crippen molar-refractivity contribution in [2.45, 2.75) is 32.9 Å². The molecule has 0 spiro atoms. The van der Waals surface area contributed by atoms with E-state index in [4.69, 9.17) is 5.11 Å². The minimum atomic E-state index is 0.166. The van der Waals surface area contributed by atoms with Crippen LogP contribution in [0.15, 0.2) is 22.7 Å². The van der Waals surface area contributed by atoms with Gasteiger partial charge in [0.2, 0.25) is 0 Å². The molecule has 1 unspecified atom stereocenters.